The molecule has 0 bridgehead atoms. The van der Waals surface area contributed by atoms with E-state index in [-0.39, 0.29) is 0 Å². The molecule has 1 aliphatic heterocycles. The zero-order valence-corrected chi connectivity index (χ0v) is 6.49. The Labute approximate surface area is 66.7 Å². The molecular formula is C10H10N-. The summed E-state index contributed by atoms with van der Waals surface area (Å²) in [6, 6.07) is 8.53. The van der Waals surface area contributed by atoms with Gasteiger partial charge in [-0.25, -0.2) is 0 Å². The van der Waals surface area contributed by atoms with Gasteiger partial charge in [-0.05, 0) is 5.56 Å². The number of hydrogen-bond donors (Lipinski definition) is 0. The normalized spacial score (nSPS) is 20.6. The van der Waals surface area contributed by atoms with Crippen LogP contribution in [0.4, 0.5) is 5.69 Å². The van der Waals surface area contributed by atoms with Gasteiger partial charge in [0.25, 0.3) is 0 Å². The molecule has 0 radical (unpaired) electrons. The number of para-hydroxylation sites is 1. The van der Waals surface area contributed by atoms with E-state index in [2.05, 4.69) is 36.5 Å². The van der Waals surface area contributed by atoms with E-state index in [1.54, 1.807) is 0 Å². The lowest BCUT2D eigenvalue weighted by Crippen LogP contribution is -1.97. The summed E-state index contributed by atoms with van der Waals surface area (Å²) in [5.74, 6) is 0. The van der Waals surface area contributed by atoms with Crippen LogP contribution >= 0.6 is 0 Å². The molecule has 2 rings (SSSR count). The van der Waals surface area contributed by atoms with Gasteiger partial charge in [-0.2, -0.15) is 0 Å². The molecule has 1 heteroatoms. The molecule has 1 aliphatic rings. The number of hydrogen-bond acceptors (Lipinski definition) is 0. The minimum absolute atomic E-state index is 0.338. The molecule has 11 heavy (non-hydrogen) atoms. The van der Waals surface area contributed by atoms with E-state index in [1.165, 1.54) is 5.56 Å². The molecular weight excluding hydrogens is 134 g/mol. The molecule has 1 heterocycles. The van der Waals surface area contributed by atoms with Gasteiger partial charge >= 0.3 is 0 Å². The van der Waals surface area contributed by atoms with Crippen molar-refractivity contribution in [2.24, 2.45) is 0 Å². The number of benzene rings is 1. The highest BCUT2D eigenvalue weighted by Gasteiger charge is 1.95. The molecule has 1 unspecified atom stereocenters. The first kappa shape index (κ1) is 6.47. The van der Waals surface area contributed by atoms with Crippen molar-refractivity contribution in [2.75, 3.05) is 0 Å². The van der Waals surface area contributed by atoms with E-state index in [4.69, 9.17) is 0 Å². The molecule has 0 spiro atoms. The monoisotopic (exact) mass is 144 g/mol. The molecule has 1 aromatic carbocycles. The van der Waals surface area contributed by atoms with Crippen LogP contribution in [0.2, 0.25) is 0 Å². The van der Waals surface area contributed by atoms with Crippen LogP contribution in [0.15, 0.2) is 30.3 Å². The van der Waals surface area contributed by atoms with Crippen LogP contribution in [0.3, 0.4) is 0 Å². The summed E-state index contributed by atoms with van der Waals surface area (Å²) < 4.78 is 0. The van der Waals surface area contributed by atoms with Crippen molar-refractivity contribution >= 4 is 11.8 Å². The Hall–Kier alpha value is -1.24. The second kappa shape index (κ2) is 2.42. The molecule has 56 valence electrons. The minimum atomic E-state index is 0.338. The number of nitrogens with zero attached hydrogens (tertiary/aromatic N) is 1. The summed E-state index contributed by atoms with van der Waals surface area (Å²) in [6.07, 6.45) is 4.25. The Kier molecular flexibility index (Phi) is 1.42. The Morgan fingerprint density at radius 2 is 2.09 bits per heavy atom. The van der Waals surface area contributed by atoms with Gasteiger partial charge in [0, 0.05) is 0 Å². The molecule has 0 aromatic heterocycles. The zero-order chi connectivity index (χ0) is 7.68. The lowest BCUT2D eigenvalue weighted by Gasteiger charge is -2.32. The first-order valence-corrected chi connectivity index (χ1v) is 3.84. The van der Waals surface area contributed by atoms with Crippen LogP contribution in [0.1, 0.15) is 12.5 Å². The fraction of sp³-hybridized carbons (Fsp3) is 0.200. The summed E-state index contributed by atoms with van der Waals surface area (Å²) in [6.45, 7) is 2.09. The highest BCUT2D eigenvalue weighted by Crippen LogP contribution is 2.31. The molecule has 0 aliphatic carbocycles. The summed E-state index contributed by atoms with van der Waals surface area (Å²) in [7, 11) is 0. The lowest BCUT2D eigenvalue weighted by atomic mass is 10.1. The second-order valence-corrected chi connectivity index (χ2v) is 2.79. The Bertz CT molecular complexity index is 289. The van der Waals surface area contributed by atoms with E-state index in [0.717, 1.165) is 5.69 Å². The minimum Gasteiger partial charge on any atom is -0.678 e. The smallest absolute Gasteiger partial charge is 0.0410 e. The number of rotatable bonds is 0. The fourth-order valence-electron chi connectivity index (χ4n) is 1.25. The van der Waals surface area contributed by atoms with E-state index in [1.807, 2.05) is 12.1 Å². The summed E-state index contributed by atoms with van der Waals surface area (Å²) in [5, 5.41) is 4.46. The average molecular weight is 144 g/mol. The van der Waals surface area contributed by atoms with Crippen molar-refractivity contribution in [3.05, 3.63) is 41.2 Å². The SMILES string of the molecule is CC1C=Cc2ccccc2[N-]1. The van der Waals surface area contributed by atoms with E-state index < -0.39 is 0 Å². The van der Waals surface area contributed by atoms with Gasteiger partial charge in [0.05, 0.1) is 0 Å². The first-order chi connectivity index (χ1) is 5.36. The zero-order valence-electron chi connectivity index (χ0n) is 6.49. The molecule has 0 N–H and O–H groups in total. The topological polar surface area (TPSA) is 14.1 Å². The lowest BCUT2D eigenvalue weighted by molar-refractivity contribution is 1.05. The Morgan fingerprint density at radius 1 is 1.27 bits per heavy atom. The maximum atomic E-state index is 4.46. The first-order valence-electron chi connectivity index (χ1n) is 3.84. The Balaban J connectivity index is 2.46. The highest BCUT2D eigenvalue weighted by molar-refractivity contribution is 5.73. The van der Waals surface area contributed by atoms with Gasteiger partial charge in [0.1, 0.15) is 0 Å². The van der Waals surface area contributed by atoms with Gasteiger partial charge in [-0.3, -0.25) is 0 Å². The van der Waals surface area contributed by atoms with Crippen molar-refractivity contribution < 1.29 is 0 Å². The number of fused-ring (bicyclic) bond motifs is 1. The van der Waals surface area contributed by atoms with Crippen LogP contribution in [-0.4, -0.2) is 6.04 Å². The molecule has 0 saturated heterocycles. The third-order valence-electron chi connectivity index (χ3n) is 1.83. The quantitative estimate of drug-likeness (QED) is 0.531. The summed E-state index contributed by atoms with van der Waals surface area (Å²) in [5.41, 5.74) is 2.34. The van der Waals surface area contributed by atoms with Crippen molar-refractivity contribution in [1.82, 2.24) is 0 Å². The van der Waals surface area contributed by atoms with E-state index >= 15 is 0 Å². The van der Waals surface area contributed by atoms with Crippen molar-refractivity contribution in [2.45, 2.75) is 13.0 Å². The standard InChI is InChI=1S/C10H10N/c1-8-6-7-9-4-2-3-5-10(9)11-8/h2-8H,1H3/q-1. The van der Waals surface area contributed by atoms with Crippen molar-refractivity contribution in [1.29, 1.82) is 0 Å². The van der Waals surface area contributed by atoms with Crippen LogP contribution < -0.4 is 0 Å². The maximum absolute atomic E-state index is 4.46. The van der Waals surface area contributed by atoms with E-state index in [0.29, 0.717) is 6.04 Å². The van der Waals surface area contributed by atoms with Gasteiger partial charge in [-0.1, -0.05) is 43.3 Å². The summed E-state index contributed by atoms with van der Waals surface area (Å²) >= 11 is 0. The summed E-state index contributed by atoms with van der Waals surface area (Å²) in [4.78, 5) is 0. The van der Waals surface area contributed by atoms with Gasteiger partial charge in [-0.15, -0.1) is 11.7 Å². The third-order valence-corrected chi connectivity index (χ3v) is 1.83. The fourth-order valence-corrected chi connectivity index (χ4v) is 1.25. The Morgan fingerprint density at radius 3 is 3.00 bits per heavy atom. The van der Waals surface area contributed by atoms with Crippen LogP contribution in [0, 0.1) is 0 Å². The van der Waals surface area contributed by atoms with E-state index in [9.17, 15) is 0 Å². The van der Waals surface area contributed by atoms with Crippen LogP contribution in [-0.2, 0) is 0 Å². The van der Waals surface area contributed by atoms with Gasteiger partial charge in [0.2, 0.25) is 0 Å². The third kappa shape index (κ3) is 1.14. The molecule has 0 fully saturated rings. The average Bonchev–Trinajstić information content (AvgIpc) is 2.04. The highest BCUT2D eigenvalue weighted by atomic mass is 14.9. The predicted molar refractivity (Wildman–Crippen MR) is 48.0 cm³/mol. The van der Waals surface area contributed by atoms with Crippen LogP contribution in [0.5, 0.6) is 0 Å². The molecule has 0 amide bonds. The molecule has 0 saturated carbocycles. The largest absolute Gasteiger partial charge is 0.678 e. The van der Waals surface area contributed by atoms with Gasteiger partial charge < -0.3 is 5.32 Å². The van der Waals surface area contributed by atoms with Crippen molar-refractivity contribution in [3.63, 3.8) is 0 Å². The predicted octanol–water partition coefficient (Wildman–Crippen LogP) is 3.11. The van der Waals surface area contributed by atoms with Crippen molar-refractivity contribution in [3.8, 4) is 0 Å². The second-order valence-electron chi connectivity index (χ2n) is 2.79. The van der Waals surface area contributed by atoms with Crippen LogP contribution in [0.25, 0.3) is 11.4 Å². The molecule has 1 aromatic rings. The molecule has 1 atom stereocenters. The van der Waals surface area contributed by atoms with Gasteiger partial charge in [0.15, 0.2) is 0 Å². The maximum Gasteiger partial charge on any atom is -0.0410 e. The molecule has 1 nitrogen and oxygen atoms in total.